The predicted molar refractivity (Wildman–Crippen MR) is 77.2 cm³/mol. The molecule has 0 aliphatic heterocycles. The Labute approximate surface area is 121 Å². The quantitative estimate of drug-likeness (QED) is 0.825. The maximum absolute atomic E-state index is 10.6. The van der Waals surface area contributed by atoms with Gasteiger partial charge in [-0.25, -0.2) is 9.78 Å². The summed E-state index contributed by atoms with van der Waals surface area (Å²) in [6.07, 6.45) is -1.49. The van der Waals surface area contributed by atoms with E-state index in [1.54, 1.807) is 6.07 Å². The molecule has 2 aromatic rings. The fourth-order valence-corrected chi connectivity index (χ4v) is 1.86. The number of aromatic nitrogens is 1. The van der Waals surface area contributed by atoms with Crippen LogP contribution in [0.2, 0.25) is 5.02 Å². The van der Waals surface area contributed by atoms with E-state index in [1.165, 1.54) is 0 Å². The third kappa shape index (κ3) is 2.83. The Hall–Kier alpha value is -2.27. The number of ether oxygens (including phenoxy) is 1. The summed E-state index contributed by atoms with van der Waals surface area (Å²) >= 11 is 5.88. The lowest BCUT2D eigenvalue weighted by Crippen LogP contribution is -2.06. The van der Waals surface area contributed by atoms with Gasteiger partial charge in [0.25, 0.3) is 0 Å². The summed E-state index contributed by atoms with van der Waals surface area (Å²) in [5, 5.41) is 8.65. The van der Waals surface area contributed by atoms with Gasteiger partial charge in [-0.3, -0.25) is 0 Å². The number of hydrogen-bond donors (Lipinski definition) is 2. The number of carbonyl (C=O) groups is 1. The van der Waals surface area contributed by atoms with Crippen LogP contribution in [-0.4, -0.2) is 16.2 Å². The average molecular weight is 293 g/mol. The highest BCUT2D eigenvalue weighted by atomic mass is 35.5. The van der Waals surface area contributed by atoms with Crippen LogP contribution in [0, 0.1) is 13.8 Å². The lowest BCUT2D eigenvalue weighted by atomic mass is 10.0. The Balaban J connectivity index is 2.54. The van der Waals surface area contributed by atoms with E-state index < -0.39 is 6.16 Å². The second-order valence-electron chi connectivity index (χ2n) is 4.38. The number of halogens is 1. The summed E-state index contributed by atoms with van der Waals surface area (Å²) in [6, 6.07) is 7.36. The minimum atomic E-state index is -1.49. The minimum Gasteiger partial charge on any atom is -0.449 e. The molecule has 0 aliphatic rings. The highest BCUT2D eigenvalue weighted by Crippen LogP contribution is 2.33. The van der Waals surface area contributed by atoms with Crippen molar-refractivity contribution >= 4 is 23.4 Å². The molecular weight excluding hydrogens is 280 g/mol. The van der Waals surface area contributed by atoms with Crippen LogP contribution in [0.5, 0.6) is 5.88 Å². The summed E-state index contributed by atoms with van der Waals surface area (Å²) in [5.74, 6) is -0.215. The van der Waals surface area contributed by atoms with E-state index in [4.69, 9.17) is 22.4 Å². The molecule has 20 heavy (non-hydrogen) atoms. The first-order valence-electron chi connectivity index (χ1n) is 5.83. The normalized spacial score (nSPS) is 10.3. The maximum atomic E-state index is 10.6. The first-order valence-corrected chi connectivity index (χ1v) is 6.20. The van der Waals surface area contributed by atoms with Gasteiger partial charge in [0.2, 0.25) is 5.88 Å². The molecule has 0 amide bonds. The highest BCUT2D eigenvalue weighted by molar-refractivity contribution is 6.34. The molecule has 0 fully saturated rings. The van der Waals surface area contributed by atoms with Crippen molar-refractivity contribution in [1.82, 2.24) is 4.98 Å². The van der Waals surface area contributed by atoms with Gasteiger partial charge in [-0.05, 0) is 37.1 Å². The Kier molecular flexibility index (Phi) is 3.81. The van der Waals surface area contributed by atoms with Gasteiger partial charge in [0, 0.05) is 5.56 Å². The molecule has 104 valence electrons. The number of nitrogen functional groups attached to an aromatic ring is 1. The Morgan fingerprint density at radius 1 is 1.30 bits per heavy atom. The largest absolute Gasteiger partial charge is 0.512 e. The Bertz CT molecular complexity index is 686. The summed E-state index contributed by atoms with van der Waals surface area (Å²) in [6.45, 7) is 3.98. The predicted octanol–water partition coefficient (Wildman–Crippen LogP) is 3.66. The molecule has 0 saturated heterocycles. The van der Waals surface area contributed by atoms with E-state index in [0.717, 1.165) is 16.7 Å². The lowest BCUT2D eigenvalue weighted by Gasteiger charge is -2.09. The fourth-order valence-electron chi connectivity index (χ4n) is 1.72. The molecule has 1 heterocycles. The number of carboxylic acid groups (broad SMARTS) is 1. The van der Waals surface area contributed by atoms with E-state index in [1.807, 2.05) is 32.0 Å². The van der Waals surface area contributed by atoms with Crippen molar-refractivity contribution in [2.45, 2.75) is 13.8 Å². The van der Waals surface area contributed by atoms with Crippen LogP contribution in [0.25, 0.3) is 11.3 Å². The monoisotopic (exact) mass is 292 g/mol. The zero-order chi connectivity index (χ0) is 14.9. The van der Waals surface area contributed by atoms with Gasteiger partial charge in [0.15, 0.2) is 0 Å². The van der Waals surface area contributed by atoms with Crippen LogP contribution in [0.3, 0.4) is 0 Å². The summed E-state index contributed by atoms with van der Waals surface area (Å²) in [7, 11) is 0. The van der Waals surface area contributed by atoms with Crippen LogP contribution in [-0.2, 0) is 0 Å². The van der Waals surface area contributed by atoms with E-state index in [9.17, 15) is 4.79 Å². The summed E-state index contributed by atoms with van der Waals surface area (Å²) < 4.78 is 4.54. The van der Waals surface area contributed by atoms with Gasteiger partial charge in [-0.1, -0.05) is 23.7 Å². The number of aryl methyl sites for hydroxylation is 2. The first kappa shape index (κ1) is 14.1. The number of rotatable bonds is 2. The topological polar surface area (TPSA) is 85.4 Å². The van der Waals surface area contributed by atoms with Gasteiger partial charge in [-0.2, -0.15) is 0 Å². The standard InChI is InChI=1S/C14H13ClN2O3/c1-7-3-4-9(5-8(7)2)11-6-10(16)12(15)13(17-11)20-14(18)19/h3-6H,1-2H3,(H2,16,17)(H,18,19). The van der Waals surface area contributed by atoms with Crippen molar-refractivity contribution in [3.05, 3.63) is 40.4 Å². The second kappa shape index (κ2) is 5.38. The molecule has 6 heteroatoms. The first-order chi connectivity index (χ1) is 9.38. The van der Waals surface area contributed by atoms with Crippen LogP contribution in [0.4, 0.5) is 10.5 Å². The number of anilines is 1. The zero-order valence-corrected chi connectivity index (χ0v) is 11.7. The number of nitrogens with two attached hydrogens (primary N) is 1. The average Bonchev–Trinajstić information content (AvgIpc) is 2.37. The molecule has 0 atom stereocenters. The van der Waals surface area contributed by atoms with E-state index in [2.05, 4.69) is 9.72 Å². The molecule has 1 aromatic heterocycles. The van der Waals surface area contributed by atoms with Crippen LogP contribution in [0.15, 0.2) is 24.3 Å². The van der Waals surface area contributed by atoms with E-state index in [-0.39, 0.29) is 16.6 Å². The summed E-state index contributed by atoms with van der Waals surface area (Å²) in [4.78, 5) is 14.7. The van der Waals surface area contributed by atoms with Crippen LogP contribution in [0.1, 0.15) is 11.1 Å². The molecule has 0 unspecified atom stereocenters. The molecule has 1 aromatic carbocycles. The van der Waals surface area contributed by atoms with Crippen LogP contribution < -0.4 is 10.5 Å². The van der Waals surface area contributed by atoms with Gasteiger partial charge in [0.1, 0.15) is 5.02 Å². The molecule has 0 saturated carbocycles. The fraction of sp³-hybridized carbons (Fsp3) is 0.143. The highest BCUT2D eigenvalue weighted by Gasteiger charge is 2.14. The SMILES string of the molecule is Cc1ccc(-c2cc(N)c(Cl)c(OC(=O)O)n2)cc1C. The number of hydrogen-bond acceptors (Lipinski definition) is 4. The van der Waals surface area contributed by atoms with E-state index in [0.29, 0.717) is 5.69 Å². The smallest absolute Gasteiger partial charge is 0.449 e. The van der Waals surface area contributed by atoms with Crippen molar-refractivity contribution in [3.8, 4) is 17.1 Å². The van der Waals surface area contributed by atoms with Crippen molar-refractivity contribution in [2.24, 2.45) is 0 Å². The van der Waals surface area contributed by atoms with Crippen molar-refractivity contribution < 1.29 is 14.6 Å². The third-order valence-electron chi connectivity index (χ3n) is 2.94. The van der Waals surface area contributed by atoms with Gasteiger partial charge >= 0.3 is 6.16 Å². The van der Waals surface area contributed by atoms with E-state index >= 15 is 0 Å². The van der Waals surface area contributed by atoms with Crippen LogP contribution >= 0.6 is 11.6 Å². The number of pyridine rings is 1. The Morgan fingerprint density at radius 3 is 2.60 bits per heavy atom. The van der Waals surface area contributed by atoms with Crippen molar-refractivity contribution in [3.63, 3.8) is 0 Å². The summed E-state index contributed by atoms with van der Waals surface area (Å²) in [5.41, 5.74) is 9.54. The van der Waals surface area contributed by atoms with Gasteiger partial charge in [-0.15, -0.1) is 0 Å². The molecular formula is C14H13ClN2O3. The molecule has 0 radical (unpaired) electrons. The number of nitrogens with zero attached hydrogens (tertiary/aromatic N) is 1. The molecule has 0 bridgehead atoms. The van der Waals surface area contributed by atoms with Gasteiger partial charge < -0.3 is 15.6 Å². The molecule has 5 nitrogen and oxygen atoms in total. The second-order valence-corrected chi connectivity index (χ2v) is 4.76. The third-order valence-corrected chi connectivity index (χ3v) is 3.32. The molecule has 2 rings (SSSR count). The number of benzene rings is 1. The zero-order valence-electron chi connectivity index (χ0n) is 11.0. The Morgan fingerprint density at radius 2 is 2.00 bits per heavy atom. The maximum Gasteiger partial charge on any atom is 0.512 e. The van der Waals surface area contributed by atoms with Crippen molar-refractivity contribution in [1.29, 1.82) is 0 Å². The van der Waals surface area contributed by atoms with Gasteiger partial charge in [0.05, 0.1) is 11.4 Å². The minimum absolute atomic E-state index is 0.0139. The molecule has 3 N–H and O–H groups in total. The molecule has 0 spiro atoms. The molecule has 0 aliphatic carbocycles. The van der Waals surface area contributed by atoms with Crippen molar-refractivity contribution in [2.75, 3.05) is 5.73 Å². The lowest BCUT2D eigenvalue weighted by molar-refractivity contribution is 0.142.